The molecule has 0 spiro atoms. The van der Waals surface area contributed by atoms with E-state index in [4.69, 9.17) is 0 Å². The molecule has 0 aromatic carbocycles. The zero-order valence-corrected chi connectivity index (χ0v) is 18.1. The molecule has 15 heteroatoms. The Bertz CT molecular complexity index is 1090. The summed E-state index contributed by atoms with van der Waals surface area (Å²) in [6.07, 6.45) is 0.957. The van der Waals surface area contributed by atoms with Gasteiger partial charge in [0.2, 0.25) is 0 Å². The Hall–Kier alpha value is -2.52. The van der Waals surface area contributed by atoms with Crippen LogP contribution in [0.2, 0.25) is 0 Å². The van der Waals surface area contributed by atoms with Crippen molar-refractivity contribution in [2.24, 2.45) is 0 Å². The Morgan fingerprint density at radius 3 is 2.81 bits per heavy atom. The van der Waals surface area contributed by atoms with Gasteiger partial charge in [0.05, 0.1) is 0 Å². The molecule has 1 fully saturated rings. The second kappa shape index (κ2) is 8.55. The van der Waals surface area contributed by atoms with Gasteiger partial charge in [0.1, 0.15) is 27.8 Å². The number of carboxylic acids is 1. The van der Waals surface area contributed by atoms with Crippen LogP contribution in [0.15, 0.2) is 27.9 Å². The Kier molecular flexibility index (Phi) is 5.98. The molecular formula is C16H14F2N6O4S3. The summed E-state index contributed by atoms with van der Waals surface area (Å²) >= 11 is 4.05. The predicted molar refractivity (Wildman–Crippen MR) is 108 cm³/mol. The van der Waals surface area contributed by atoms with Crippen molar-refractivity contribution in [2.45, 2.75) is 29.2 Å². The van der Waals surface area contributed by atoms with Crippen LogP contribution >= 0.6 is 34.9 Å². The molecule has 2 aromatic heterocycles. The highest BCUT2D eigenvalue weighted by atomic mass is 32.2. The molecule has 0 saturated carbocycles. The highest BCUT2D eigenvalue weighted by molar-refractivity contribution is 8.01. The third-order valence-electron chi connectivity index (χ3n) is 4.45. The maximum absolute atomic E-state index is 12.6. The molecule has 31 heavy (non-hydrogen) atoms. The monoisotopic (exact) mass is 488 g/mol. The van der Waals surface area contributed by atoms with Crippen LogP contribution in [0.5, 0.6) is 0 Å². The van der Waals surface area contributed by atoms with Crippen molar-refractivity contribution in [1.29, 1.82) is 0 Å². The van der Waals surface area contributed by atoms with Crippen molar-refractivity contribution >= 4 is 52.6 Å². The summed E-state index contributed by atoms with van der Waals surface area (Å²) in [6.45, 7) is -1.07. The molecule has 2 atom stereocenters. The summed E-state index contributed by atoms with van der Waals surface area (Å²) in [5.41, 5.74) is 0.209. The molecule has 2 aromatic rings. The van der Waals surface area contributed by atoms with Crippen LogP contribution in [0.3, 0.4) is 0 Å². The number of hydrogen-bond donors (Lipinski definition) is 2. The first-order valence-electron chi connectivity index (χ1n) is 8.73. The lowest BCUT2D eigenvalue weighted by Gasteiger charge is -2.49. The van der Waals surface area contributed by atoms with E-state index in [0.29, 0.717) is 26.1 Å². The molecule has 1 saturated heterocycles. The first kappa shape index (κ1) is 21.7. The van der Waals surface area contributed by atoms with E-state index >= 15 is 0 Å². The Balaban J connectivity index is 1.46. The van der Waals surface area contributed by atoms with Crippen molar-refractivity contribution in [3.63, 3.8) is 0 Å². The third kappa shape index (κ3) is 4.16. The van der Waals surface area contributed by atoms with Crippen molar-refractivity contribution in [1.82, 2.24) is 30.2 Å². The summed E-state index contributed by atoms with van der Waals surface area (Å²) in [5.74, 6) is -1.91. The predicted octanol–water partition coefficient (Wildman–Crippen LogP) is 1.58. The quantitative estimate of drug-likeness (QED) is 0.441. The second-order valence-electron chi connectivity index (χ2n) is 6.45. The molecule has 164 valence electrons. The van der Waals surface area contributed by atoms with Gasteiger partial charge in [-0.25, -0.2) is 9.48 Å². The largest absolute Gasteiger partial charge is 0.477 e. The number of fused-ring (bicyclic) bond motifs is 1. The van der Waals surface area contributed by atoms with Crippen LogP contribution in [-0.4, -0.2) is 70.7 Å². The molecule has 2 aliphatic heterocycles. The van der Waals surface area contributed by atoms with Crippen LogP contribution in [0.25, 0.3) is 0 Å². The standard InChI is InChI=1S/C16H14F2N6O4S3/c1-6-20-21-16(31-6)30-5-7-4-29-13-9(12(26)24(13)10(7)14(27)28)19-11(25)8-2-3-23(22-8)15(17)18/h2-3,9,13,15H,4-5H2,1H3,(H,19,25)(H,27,28)/t9-,13-/m1/s1. The summed E-state index contributed by atoms with van der Waals surface area (Å²) in [6, 6.07) is 0.146. The number of rotatable bonds is 7. The zero-order chi connectivity index (χ0) is 22.3. The molecular weight excluding hydrogens is 474 g/mol. The first-order valence-corrected chi connectivity index (χ1v) is 11.6. The average molecular weight is 489 g/mol. The number of carbonyl (C=O) groups is 3. The molecule has 0 unspecified atom stereocenters. The molecule has 2 aliphatic rings. The lowest BCUT2D eigenvalue weighted by molar-refractivity contribution is -0.148. The van der Waals surface area contributed by atoms with E-state index in [9.17, 15) is 28.3 Å². The zero-order valence-electron chi connectivity index (χ0n) is 15.7. The smallest absolute Gasteiger partial charge is 0.352 e. The first-order chi connectivity index (χ1) is 14.8. The number of thioether (sulfide) groups is 2. The fraction of sp³-hybridized carbons (Fsp3) is 0.375. The maximum Gasteiger partial charge on any atom is 0.352 e. The van der Waals surface area contributed by atoms with Gasteiger partial charge in [-0.1, -0.05) is 23.1 Å². The Labute approximate surface area is 186 Å². The molecule has 10 nitrogen and oxygen atoms in total. The number of nitrogens with zero attached hydrogens (tertiary/aromatic N) is 5. The van der Waals surface area contributed by atoms with Crippen molar-refractivity contribution in [3.8, 4) is 0 Å². The second-order valence-corrected chi connectivity index (χ2v) is 9.96. The van der Waals surface area contributed by atoms with Gasteiger partial charge in [0.25, 0.3) is 11.8 Å². The summed E-state index contributed by atoms with van der Waals surface area (Å²) in [7, 11) is 0. The molecule has 0 aliphatic carbocycles. The molecule has 0 bridgehead atoms. The number of alkyl halides is 2. The number of halogens is 2. The van der Waals surface area contributed by atoms with Gasteiger partial charge in [-0.05, 0) is 18.6 Å². The van der Waals surface area contributed by atoms with Gasteiger partial charge >= 0.3 is 12.5 Å². The van der Waals surface area contributed by atoms with E-state index in [-0.39, 0.29) is 11.4 Å². The summed E-state index contributed by atoms with van der Waals surface area (Å²) in [5, 5.41) is 23.7. The molecule has 4 rings (SSSR count). The number of aliphatic carboxylic acids is 1. The summed E-state index contributed by atoms with van der Waals surface area (Å²) in [4.78, 5) is 38.0. The minimum Gasteiger partial charge on any atom is -0.477 e. The van der Waals surface area contributed by atoms with Crippen molar-refractivity contribution < 1.29 is 28.3 Å². The molecule has 4 heterocycles. The maximum atomic E-state index is 12.6. The molecule has 0 radical (unpaired) electrons. The minimum absolute atomic E-state index is 0.102. The van der Waals surface area contributed by atoms with E-state index in [1.807, 2.05) is 6.92 Å². The molecule has 2 amide bonds. The van der Waals surface area contributed by atoms with Gasteiger partial charge in [-0.15, -0.1) is 22.0 Å². The van der Waals surface area contributed by atoms with Crippen molar-refractivity contribution in [3.05, 3.63) is 34.2 Å². The van der Waals surface area contributed by atoms with Crippen molar-refractivity contribution in [2.75, 3.05) is 11.5 Å². The number of β-lactam (4-membered cyclic amide) rings is 1. The van der Waals surface area contributed by atoms with Crippen LogP contribution < -0.4 is 5.32 Å². The highest BCUT2D eigenvalue weighted by Gasteiger charge is 2.54. The van der Waals surface area contributed by atoms with Crippen LogP contribution in [0.4, 0.5) is 8.78 Å². The fourth-order valence-electron chi connectivity index (χ4n) is 3.06. The Morgan fingerprint density at radius 2 is 2.19 bits per heavy atom. The van der Waals surface area contributed by atoms with Gasteiger partial charge in [-0.3, -0.25) is 14.5 Å². The SMILES string of the molecule is Cc1nnc(SCC2=C(C(=O)O)N3C(=O)[C@@H](NC(=O)c4ccn(C(F)F)n4)[C@H]3SC2)s1. The highest BCUT2D eigenvalue weighted by Crippen LogP contribution is 2.41. The summed E-state index contributed by atoms with van der Waals surface area (Å²) < 4.78 is 26.3. The van der Waals surface area contributed by atoms with Gasteiger partial charge in [0, 0.05) is 17.7 Å². The lowest BCUT2D eigenvalue weighted by atomic mass is 10.0. The van der Waals surface area contributed by atoms with E-state index in [1.165, 1.54) is 34.9 Å². The minimum atomic E-state index is -2.89. The normalized spacial score (nSPS) is 20.6. The van der Waals surface area contributed by atoms with E-state index < -0.39 is 35.7 Å². The van der Waals surface area contributed by atoms with E-state index in [1.54, 1.807) is 0 Å². The number of carbonyl (C=O) groups excluding carboxylic acids is 2. The van der Waals surface area contributed by atoms with Crippen LogP contribution in [0.1, 0.15) is 22.0 Å². The van der Waals surface area contributed by atoms with Crippen LogP contribution in [-0.2, 0) is 9.59 Å². The van der Waals surface area contributed by atoms with E-state index in [2.05, 4.69) is 20.6 Å². The van der Waals surface area contributed by atoms with Gasteiger partial charge < -0.3 is 10.4 Å². The van der Waals surface area contributed by atoms with Gasteiger partial charge in [-0.2, -0.15) is 13.9 Å². The fourth-order valence-corrected chi connectivity index (χ4v) is 6.36. The number of aryl methyl sites for hydroxylation is 1. The average Bonchev–Trinajstić information content (AvgIpc) is 3.38. The molecule has 2 N–H and O–H groups in total. The number of carboxylic acid groups (broad SMARTS) is 1. The van der Waals surface area contributed by atoms with E-state index in [0.717, 1.165) is 22.2 Å². The number of nitrogens with one attached hydrogen (secondary N) is 1. The number of aromatic nitrogens is 4. The third-order valence-corrected chi connectivity index (χ3v) is 7.85. The topological polar surface area (TPSA) is 130 Å². The number of amides is 2. The number of hydrogen-bond acceptors (Lipinski definition) is 9. The lowest BCUT2D eigenvalue weighted by Crippen LogP contribution is -2.70. The Morgan fingerprint density at radius 1 is 1.42 bits per heavy atom. The van der Waals surface area contributed by atoms with Crippen LogP contribution in [0, 0.1) is 6.92 Å². The van der Waals surface area contributed by atoms with Gasteiger partial charge in [0.15, 0.2) is 4.34 Å².